The Labute approximate surface area is 137 Å². The van der Waals surface area contributed by atoms with Crippen LogP contribution < -0.4 is 10.9 Å². The molecule has 114 valence electrons. The van der Waals surface area contributed by atoms with Gasteiger partial charge in [0.05, 0.1) is 11.6 Å². The molecule has 3 rings (SSSR count). The molecule has 22 heavy (non-hydrogen) atoms. The van der Waals surface area contributed by atoms with Crippen molar-refractivity contribution in [2.45, 2.75) is 17.4 Å². The van der Waals surface area contributed by atoms with E-state index in [1.807, 2.05) is 18.2 Å². The number of carbonyl (C=O) groups excluding carboxylic acids is 1. The Morgan fingerprint density at radius 3 is 2.95 bits per heavy atom. The van der Waals surface area contributed by atoms with Gasteiger partial charge < -0.3 is 9.88 Å². The van der Waals surface area contributed by atoms with Crippen LogP contribution in [-0.4, -0.2) is 16.2 Å². The van der Waals surface area contributed by atoms with E-state index in [4.69, 9.17) is 11.6 Å². The molecule has 0 unspecified atom stereocenters. The van der Waals surface area contributed by atoms with Crippen molar-refractivity contribution in [3.8, 4) is 0 Å². The van der Waals surface area contributed by atoms with E-state index in [0.29, 0.717) is 10.6 Å². The highest BCUT2D eigenvalue weighted by Gasteiger charge is 2.23. The molecule has 0 radical (unpaired) electrons. The molecule has 6 heteroatoms. The largest absolute Gasteiger partial charge is 0.345 e. The molecule has 2 aromatic rings. The predicted molar refractivity (Wildman–Crippen MR) is 88.7 cm³/mol. The third-order valence-corrected chi connectivity index (χ3v) is 5.02. The zero-order valence-electron chi connectivity index (χ0n) is 12.0. The Balaban J connectivity index is 1.85. The fourth-order valence-corrected chi connectivity index (χ4v) is 3.77. The van der Waals surface area contributed by atoms with Crippen molar-refractivity contribution in [2.24, 2.45) is 7.05 Å². The minimum Gasteiger partial charge on any atom is -0.345 e. The number of hydrogen-bond donors (Lipinski definition) is 1. The Bertz CT molecular complexity index is 788. The second kappa shape index (κ2) is 6.18. The average molecular weight is 335 g/mol. The molecule has 0 spiro atoms. The maximum absolute atomic E-state index is 12.4. The number of nitrogens with zero attached hydrogens (tertiary/aromatic N) is 1. The molecule has 4 nitrogen and oxygen atoms in total. The monoisotopic (exact) mass is 334 g/mol. The summed E-state index contributed by atoms with van der Waals surface area (Å²) < 4.78 is 1.40. The third kappa shape index (κ3) is 3.05. The van der Waals surface area contributed by atoms with Crippen molar-refractivity contribution in [3.05, 3.63) is 63.0 Å². The van der Waals surface area contributed by atoms with E-state index in [-0.39, 0.29) is 17.5 Å². The summed E-state index contributed by atoms with van der Waals surface area (Å²) in [5, 5.41) is 3.71. The molecular weight excluding hydrogens is 320 g/mol. The number of rotatable bonds is 2. The quantitative estimate of drug-likeness (QED) is 0.918. The lowest BCUT2D eigenvalue weighted by Crippen LogP contribution is -2.31. The van der Waals surface area contributed by atoms with Gasteiger partial charge in [0.25, 0.3) is 5.91 Å². The van der Waals surface area contributed by atoms with Crippen LogP contribution in [-0.2, 0) is 7.05 Å². The molecule has 1 aromatic heterocycles. The van der Waals surface area contributed by atoms with E-state index >= 15 is 0 Å². The van der Waals surface area contributed by atoms with E-state index in [1.54, 1.807) is 31.1 Å². The van der Waals surface area contributed by atoms with Crippen LogP contribution in [0.1, 0.15) is 28.4 Å². The average Bonchev–Trinajstić information content (AvgIpc) is 2.50. The SMILES string of the molecule is Cn1cc(C(=O)N[C@@H]2CCSc3ccc(Cl)cc32)ccc1=O. The highest BCUT2D eigenvalue weighted by atomic mass is 35.5. The molecule has 0 saturated heterocycles. The van der Waals surface area contributed by atoms with E-state index in [9.17, 15) is 9.59 Å². The first-order valence-corrected chi connectivity index (χ1v) is 8.31. The number of benzene rings is 1. The minimum atomic E-state index is -0.182. The van der Waals surface area contributed by atoms with Gasteiger partial charge in [-0.25, -0.2) is 0 Å². The van der Waals surface area contributed by atoms with Crippen LogP contribution in [0.25, 0.3) is 0 Å². The van der Waals surface area contributed by atoms with E-state index in [2.05, 4.69) is 5.32 Å². The Kier molecular flexibility index (Phi) is 4.27. The first-order chi connectivity index (χ1) is 10.5. The molecule has 0 bridgehead atoms. The molecule has 0 fully saturated rings. The topological polar surface area (TPSA) is 51.1 Å². The molecule has 1 N–H and O–H groups in total. The Morgan fingerprint density at radius 1 is 1.36 bits per heavy atom. The maximum Gasteiger partial charge on any atom is 0.253 e. The molecule has 1 amide bonds. The van der Waals surface area contributed by atoms with E-state index in [1.165, 1.54) is 10.6 Å². The van der Waals surface area contributed by atoms with Crippen molar-refractivity contribution < 1.29 is 4.79 Å². The number of nitrogens with one attached hydrogen (secondary N) is 1. The first kappa shape index (κ1) is 15.2. The molecule has 1 aliphatic rings. The summed E-state index contributed by atoms with van der Waals surface area (Å²) in [6.45, 7) is 0. The Hall–Kier alpha value is -1.72. The number of amides is 1. The molecule has 0 aliphatic carbocycles. The number of fused-ring (bicyclic) bond motifs is 1. The number of pyridine rings is 1. The summed E-state index contributed by atoms with van der Waals surface area (Å²) in [6.07, 6.45) is 2.41. The van der Waals surface area contributed by atoms with Gasteiger partial charge in [0, 0.05) is 35.0 Å². The summed E-state index contributed by atoms with van der Waals surface area (Å²) >= 11 is 7.85. The number of aryl methyl sites for hydroxylation is 1. The predicted octanol–water partition coefficient (Wildman–Crippen LogP) is 3.01. The molecule has 2 heterocycles. The summed E-state index contributed by atoms with van der Waals surface area (Å²) in [6, 6.07) is 8.66. The van der Waals surface area contributed by atoms with Gasteiger partial charge in [-0.05, 0) is 36.2 Å². The van der Waals surface area contributed by atoms with Gasteiger partial charge in [-0.2, -0.15) is 0 Å². The standard InChI is InChI=1S/C16H15ClN2O2S/c1-19-9-10(2-5-15(19)20)16(21)18-13-6-7-22-14-4-3-11(17)8-12(13)14/h2-5,8-9,13H,6-7H2,1H3,(H,18,21)/t13-/m1/s1. The van der Waals surface area contributed by atoms with E-state index < -0.39 is 0 Å². The fraction of sp³-hybridized carbons (Fsp3) is 0.250. The lowest BCUT2D eigenvalue weighted by Gasteiger charge is -2.26. The molecule has 1 atom stereocenters. The second-order valence-electron chi connectivity index (χ2n) is 5.21. The fourth-order valence-electron chi connectivity index (χ4n) is 2.49. The van der Waals surface area contributed by atoms with Crippen LogP contribution in [0.15, 0.2) is 46.2 Å². The van der Waals surface area contributed by atoms with Gasteiger partial charge in [0.1, 0.15) is 0 Å². The lowest BCUT2D eigenvalue weighted by molar-refractivity contribution is 0.0934. The van der Waals surface area contributed by atoms with Crippen molar-refractivity contribution in [3.63, 3.8) is 0 Å². The highest BCUT2D eigenvalue weighted by molar-refractivity contribution is 7.99. The zero-order valence-corrected chi connectivity index (χ0v) is 13.6. The maximum atomic E-state index is 12.4. The van der Waals surface area contributed by atoms with Crippen molar-refractivity contribution >= 4 is 29.3 Å². The Morgan fingerprint density at radius 2 is 2.18 bits per heavy atom. The number of halogens is 1. The van der Waals surface area contributed by atoms with Crippen LogP contribution in [0.3, 0.4) is 0 Å². The van der Waals surface area contributed by atoms with Crippen LogP contribution >= 0.6 is 23.4 Å². The highest BCUT2D eigenvalue weighted by Crippen LogP contribution is 2.37. The second-order valence-corrected chi connectivity index (χ2v) is 6.79. The number of aromatic nitrogens is 1. The molecule has 1 aromatic carbocycles. The van der Waals surface area contributed by atoms with Gasteiger partial charge in [-0.1, -0.05) is 11.6 Å². The van der Waals surface area contributed by atoms with Crippen molar-refractivity contribution in [1.82, 2.24) is 9.88 Å². The van der Waals surface area contributed by atoms with Crippen LogP contribution in [0, 0.1) is 0 Å². The smallest absolute Gasteiger partial charge is 0.253 e. The van der Waals surface area contributed by atoms with Gasteiger partial charge in [-0.3, -0.25) is 9.59 Å². The molecule has 0 saturated carbocycles. The van der Waals surface area contributed by atoms with Crippen LogP contribution in [0.2, 0.25) is 5.02 Å². The summed E-state index contributed by atoms with van der Waals surface area (Å²) in [5.41, 5.74) is 1.40. The summed E-state index contributed by atoms with van der Waals surface area (Å²) in [4.78, 5) is 25.0. The van der Waals surface area contributed by atoms with Gasteiger partial charge in [0.2, 0.25) is 5.56 Å². The van der Waals surface area contributed by atoms with Crippen molar-refractivity contribution in [1.29, 1.82) is 0 Å². The van der Waals surface area contributed by atoms with Crippen molar-refractivity contribution in [2.75, 3.05) is 5.75 Å². The van der Waals surface area contributed by atoms with Crippen LogP contribution in [0.5, 0.6) is 0 Å². The van der Waals surface area contributed by atoms with Gasteiger partial charge >= 0.3 is 0 Å². The number of hydrogen-bond acceptors (Lipinski definition) is 3. The lowest BCUT2D eigenvalue weighted by atomic mass is 10.0. The summed E-state index contributed by atoms with van der Waals surface area (Å²) in [5.74, 6) is 0.769. The van der Waals surface area contributed by atoms with Gasteiger partial charge in [-0.15, -0.1) is 11.8 Å². The minimum absolute atomic E-state index is 0.0558. The molecular formula is C16H15ClN2O2S. The normalized spacial score (nSPS) is 16.9. The van der Waals surface area contributed by atoms with E-state index in [0.717, 1.165) is 22.6 Å². The third-order valence-electron chi connectivity index (χ3n) is 3.66. The first-order valence-electron chi connectivity index (χ1n) is 6.94. The number of carbonyl (C=O) groups is 1. The van der Waals surface area contributed by atoms with Crippen LogP contribution in [0.4, 0.5) is 0 Å². The zero-order chi connectivity index (χ0) is 15.7. The number of thioether (sulfide) groups is 1. The summed E-state index contributed by atoms with van der Waals surface area (Å²) in [7, 11) is 1.63. The molecule has 1 aliphatic heterocycles. The van der Waals surface area contributed by atoms with Gasteiger partial charge in [0.15, 0.2) is 0 Å².